The van der Waals surface area contributed by atoms with Gasteiger partial charge in [-0.3, -0.25) is 0 Å². The van der Waals surface area contributed by atoms with E-state index in [1.54, 1.807) is 12.3 Å². The Morgan fingerprint density at radius 3 is 2.56 bits per heavy atom. The van der Waals surface area contributed by atoms with E-state index in [1.807, 2.05) is 24.3 Å². The minimum absolute atomic E-state index is 0.0836. The van der Waals surface area contributed by atoms with Crippen LogP contribution < -0.4 is 4.74 Å². The fraction of sp³-hybridized carbons (Fsp3) is 0.154. The molecule has 3 nitrogen and oxygen atoms in total. The van der Waals surface area contributed by atoms with Gasteiger partial charge in [0.1, 0.15) is 11.6 Å². The fourth-order valence-electron chi connectivity index (χ4n) is 1.39. The molecule has 0 unspecified atom stereocenters. The van der Waals surface area contributed by atoms with E-state index in [4.69, 9.17) is 21.4 Å². The summed E-state index contributed by atoms with van der Waals surface area (Å²) in [6.07, 6.45) is 1.54. The van der Waals surface area contributed by atoms with Crippen LogP contribution in [0.1, 0.15) is 11.1 Å². The summed E-state index contributed by atoms with van der Waals surface area (Å²) in [6.45, 7) is 0.318. The molecule has 2 aromatic rings. The molecule has 0 aliphatic rings. The summed E-state index contributed by atoms with van der Waals surface area (Å²) in [6, 6.07) is 9.46. The first-order valence-electron chi connectivity index (χ1n) is 5.31. The summed E-state index contributed by atoms with van der Waals surface area (Å²) in [4.78, 5) is 4.06. The number of pyridine rings is 1. The minimum atomic E-state index is -0.0836. The molecule has 1 heterocycles. The standard InChI is InChI=1S/C13H11BrClNO2/c14-11-3-1-9(2-4-11)8-18-13-12(15)5-10(7-17)6-16-13/h1-6,17H,7-8H2. The Labute approximate surface area is 119 Å². The highest BCUT2D eigenvalue weighted by molar-refractivity contribution is 9.10. The third-order valence-corrected chi connectivity index (χ3v) is 3.13. The van der Waals surface area contributed by atoms with E-state index >= 15 is 0 Å². The summed E-state index contributed by atoms with van der Waals surface area (Å²) in [5.74, 6) is 0.372. The molecule has 18 heavy (non-hydrogen) atoms. The van der Waals surface area contributed by atoms with E-state index in [9.17, 15) is 0 Å². The molecular formula is C13H11BrClNO2. The Morgan fingerprint density at radius 1 is 1.22 bits per heavy atom. The molecule has 5 heteroatoms. The van der Waals surface area contributed by atoms with Gasteiger partial charge in [-0.15, -0.1) is 0 Å². The zero-order valence-corrected chi connectivity index (χ0v) is 11.8. The monoisotopic (exact) mass is 327 g/mol. The minimum Gasteiger partial charge on any atom is -0.472 e. The number of hydrogen-bond donors (Lipinski definition) is 1. The molecule has 94 valence electrons. The normalized spacial score (nSPS) is 10.4. The largest absolute Gasteiger partial charge is 0.472 e. The average molecular weight is 329 g/mol. The van der Waals surface area contributed by atoms with E-state index in [0.717, 1.165) is 10.0 Å². The molecule has 1 aromatic heterocycles. The Kier molecular flexibility index (Phi) is 4.58. The molecule has 0 aliphatic carbocycles. The predicted octanol–water partition coefficient (Wildman–Crippen LogP) is 3.57. The SMILES string of the molecule is OCc1cnc(OCc2ccc(Br)cc2)c(Cl)c1. The molecule has 0 bridgehead atoms. The number of hydrogen-bond acceptors (Lipinski definition) is 3. The molecule has 0 aliphatic heterocycles. The topological polar surface area (TPSA) is 42.4 Å². The second-order valence-electron chi connectivity index (χ2n) is 3.70. The van der Waals surface area contributed by atoms with Gasteiger partial charge in [0.05, 0.1) is 6.61 Å². The number of halogens is 2. The zero-order chi connectivity index (χ0) is 13.0. The molecule has 0 radical (unpaired) electrons. The van der Waals surface area contributed by atoms with Crippen LogP contribution in [0.3, 0.4) is 0 Å². The number of nitrogens with zero attached hydrogens (tertiary/aromatic N) is 1. The number of benzene rings is 1. The number of aliphatic hydroxyl groups excluding tert-OH is 1. The van der Waals surface area contributed by atoms with Crippen LogP contribution in [-0.2, 0) is 13.2 Å². The maximum absolute atomic E-state index is 8.94. The van der Waals surface area contributed by atoms with Crippen LogP contribution in [0.4, 0.5) is 0 Å². The van der Waals surface area contributed by atoms with Gasteiger partial charge in [0, 0.05) is 10.7 Å². The summed E-state index contributed by atoms with van der Waals surface area (Å²) in [7, 11) is 0. The highest BCUT2D eigenvalue weighted by Gasteiger charge is 2.05. The van der Waals surface area contributed by atoms with Crippen molar-refractivity contribution in [1.82, 2.24) is 4.98 Å². The van der Waals surface area contributed by atoms with E-state index in [0.29, 0.717) is 23.1 Å². The second-order valence-corrected chi connectivity index (χ2v) is 5.03. The molecule has 0 spiro atoms. The Hall–Kier alpha value is -1.10. The van der Waals surface area contributed by atoms with Gasteiger partial charge in [-0.1, -0.05) is 39.7 Å². The van der Waals surface area contributed by atoms with Crippen LogP contribution in [0.2, 0.25) is 5.02 Å². The molecule has 0 amide bonds. The molecular weight excluding hydrogens is 318 g/mol. The average Bonchev–Trinajstić information content (AvgIpc) is 2.39. The van der Waals surface area contributed by atoms with Crippen molar-refractivity contribution in [2.75, 3.05) is 0 Å². The first-order valence-corrected chi connectivity index (χ1v) is 6.48. The lowest BCUT2D eigenvalue weighted by molar-refractivity contribution is 0.278. The van der Waals surface area contributed by atoms with Crippen molar-refractivity contribution in [3.63, 3.8) is 0 Å². The molecule has 2 rings (SSSR count). The second kappa shape index (κ2) is 6.18. The Bertz CT molecular complexity index is 531. The smallest absolute Gasteiger partial charge is 0.232 e. The number of ether oxygens (including phenoxy) is 1. The van der Waals surface area contributed by atoms with Gasteiger partial charge in [0.25, 0.3) is 0 Å². The van der Waals surface area contributed by atoms with Crippen LogP contribution >= 0.6 is 27.5 Å². The molecule has 0 fully saturated rings. The summed E-state index contributed by atoms with van der Waals surface area (Å²) in [5, 5.41) is 9.34. The number of rotatable bonds is 4. The lowest BCUT2D eigenvalue weighted by Crippen LogP contribution is -1.98. The van der Waals surface area contributed by atoms with Gasteiger partial charge < -0.3 is 9.84 Å². The van der Waals surface area contributed by atoms with Crippen molar-refractivity contribution in [2.45, 2.75) is 13.2 Å². The summed E-state index contributed by atoms with van der Waals surface area (Å²) < 4.78 is 6.55. The van der Waals surface area contributed by atoms with Gasteiger partial charge in [-0.2, -0.15) is 0 Å². The maximum atomic E-state index is 8.94. The lowest BCUT2D eigenvalue weighted by Gasteiger charge is -2.07. The first-order chi connectivity index (χ1) is 8.69. The van der Waals surface area contributed by atoms with E-state index < -0.39 is 0 Å². The van der Waals surface area contributed by atoms with Crippen molar-refractivity contribution in [1.29, 1.82) is 0 Å². The zero-order valence-electron chi connectivity index (χ0n) is 9.44. The van der Waals surface area contributed by atoms with Crippen molar-refractivity contribution in [3.05, 3.63) is 57.2 Å². The first kappa shape index (κ1) is 13.3. The molecule has 0 atom stereocenters. The van der Waals surface area contributed by atoms with Gasteiger partial charge in [-0.25, -0.2) is 4.98 Å². The van der Waals surface area contributed by atoms with E-state index in [2.05, 4.69) is 20.9 Å². The van der Waals surface area contributed by atoms with Crippen molar-refractivity contribution < 1.29 is 9.84 Å². The van der Waals surface area contributed by atoms with Crippen molar-refractivity contribution in [3.8, 4) is 5.88 Å². The highest BCUT2D eigenvalue weighted by atomic mass is 79.9. The third kappa shape index (κ3) is 3.45. The van der Waals surface area contributed by atoms with Crippen molar-refractivity contribution in [2.24, 2.45) is 0 Å². The van der Waals surface area contributed by atoms with Crippen LogP contribution in [0.5, 0.6) is 5.88 Å². The Morgan fingerprint density at radius 2 is 1.94 bits per heavy atom. The predicted molar refractivity (Wildman–Crippen MR) is 73.6 cm³/mol. The lowest BCUT2D eigenvalue weighted by atomic mass is 10.2. The molecule has 1 N–H and O–H groups in total. The summed E-state index contributed by atoms with van der Waals surface area (Å²) in [5.41, 5.74) is 1.69. The number of aliphatic hydroxyl groups is 1. The third-order valence-electron chi connectivity index (χ3n) is 2.34. The van der Waals surface area contributed by atoms with Crippen LogP contribution in [0.25, 0.3) is 0 Å². The quantitative estimate of drug-likeness (QED) is 0.933. The highest BCUT2D eigenvalue weighted by Crippen LogP contribution is 2.23. The van der Waals surface area contributed by atoms with E-state index in [-0.39, 0.29) is 6.61 Å². The van der Waals surface area contributed by atoms with Crippen LogP contribution in [0, 0.1) is 0 Å². The summed E-state index contributed by atoms with van der Waals surface area (Å²) >= 11 is 9.36. The van der Waals surface area contributed by atoms with Crippen molar-refractivity contribution >= 4 is 27.5 Å². The maximum Gasteiger partial charge on any atom is 0.232 e. The van der Waals surface area contributed by atoms with Crippen LogP contribution in [0.15, 0.2) is 41.0 Å². The van der Waals surface area contributed by atoms with E-state index in [1.165, 1.54) is 0 Å². The molecule has 0 saturated heterocycles. The van der Waals surface area contributed by atoms with Gasteiger partial charge in [-0.05, 0) is 29.3 Å². The van der Waals surface area contributed by atoms with Gasteiger partial charge in [0.2, 0.25) is 5.88 Å². The van der Waals surface area contributed by atoms with Gasteiger partial charge in [0.15, 0.2) is 0 Å². The molecule has 0 saturated carbocycles. The van der Waals surface area contributed by atoms with Gasteiger partial charge >= 0.3 is 0 Å². The number of aromatic nitrogens is 1. The van der Waals surface area contributed by atoms with Crippen LogP contribution in [-0.4, -0.2) is 10.1 Å². The fourth-order valence-corrected chi connectivity index (χ4v) is 1.90. The molecule has 1 aromatic carbocycles. The Balaban J connectivity index is 2.04.